The number of hydrogen-bond acceptors (Lipinski definition) is 5. The number of carbonyl (C=O) groups excluding carboxylic acids is 3. The summed E-state index contributed by atoms with van der Waals surface area (Å²) in [6, 6.07) is 5.48. The molecule has 8 nitrogen and oxygen atoms in total. The first-order valence-electron chi connectivity index (χ1n) is 10.3. The molecule has 1 aromatic rings. The maximum atomic E-state index is 12.4. The summed E-state index contributed by atoms with van der Waals surface area (Å²) in [7, 11) is 0. The van der Waals surface area contributed by atoms with Crippen LogP contribution in [-0.4, -0.2) is 91.5 Å². The van der Waals surface area contributed by atoms with E-state index in [2.05, 4.69) is 0 Å². The third-order valence-corrected chi connectivity index (χ3v) is 5.76. The average molecular weight is 438 g/mol. The maximum absolute atomic E-state index is 12.4. The van der Waals surface area contributed by atoms with Crippen molar-refractivity contribution in [3.05, 3.63) is 28.8 Å². The summed E-state index contributed by atoms with van der Waals surface area (Å²) in [5.41, 5.74) is 0.949. The smallest absolute Gasteiger partial charge is 0.312 e. The molecular weight excluding hydrogens is 410 g/mol. The average Bonchev–Trinajstić information content (AvgIpc) is 2.78. The lowest BCUT2D eigenvalue weighted by Gasteiger charge is -2.36. The Hall–Kier alpha value is -2.32. The van der Waals surface area contributed by atoms with Crippen LogP contribution in [0.15, 0.2) is 18.2 Å². The number of rotatable bonds is 5. The molecule has 2 saturated heterocycles. The van der Waals surface area contributed by atoms with Crippen LogP contribution in [-0.2, 0) is 19.1 Å². The van der Waals surface area contributed by atoms with Crippen LogP contribution in [0.4, 0.5) is 0 Å². The molecule has 30 heavy (non-hydrogen) atoms. The van der Waals surface area contributed by atoms with Gasteiger partial charge in [0.25, 0.3) is 0 Å². The zero-order valence-corrected chi connectivity index (χ0v) is 18.0. The number of carbonyl (C=O) groups is 3. The Bertz CT molecular complexity index is 774. The van der Waals surface area contributed by atoms with Crippen LogP contribution >= 0.6 is 11.6 Å². The SMILES string of the molecule is Cc1cc(OCCCC(=O)N2CCN(C(=O)C(=O)N3CCOCC3)CC2)ccc1Cl. The highest BCUT2D eigenvalue weighted by molar-refractivity contribution is 6.35. The van der Waals surface area contributed by atoms with Gasteiger partial charge >= 0.3 is 11.8 Å². The van der Waals surface area contributed by atoms with E-state index in [1.807, 2.05) is 19.1 Å². The van der Waals surface area contributed by atoms with Crippen molar-refractivity contribution < 1.29 is 23.9 Å². The summed E-state index contributed by atoms with van der Waals surface area (Å²) in [6.07, 6.45) is 0.988. The number of morpholine rings is 1. The second kappa shape index (κ2) is 10.6. The molecule has 2 fully saturated rings. The fraction of sp³-hybridized carbons (Fsp3) is 0.571. The first kappa shape index (κ1) is 22.4. The zero-order chi connectivity index (χ0) is 21.5. The number of piperazine rings is 1. The Morgan fingerprint density at radius 1 is 0.967 bits per heavy atom. The summed E-state index contributed by atoms with van der Waals surface area (Å²) >= 11 is 6.00. The minimum absolute atomic E-state index is 0.0393. The largest absolute Gasteiger partial charge is 0.494 e. The third-order valence-electron chi connectivity index (χ3n) is 5.33. The van der Waals surface area contributed by atoms with Gasteiger partial charge in [0.15, 0.2) is 0 Å². The predicted molar refractivity (Wildman–Crippen MR) is 111 cm³/mol. The molecule has 1 aromatic carbocycles. The van der Waals surface area contributed by atoms with Gasteiger partial charge in [-0.25, -0.2) is 0 Å². The van der Waals surface area contributed by atoms with Gasteiger partial charge in [0.05, 0.1) is 19.8 Å². The second-order valence-corrected chi connectivity index (χ2v) is 7.85. The Balaban J connectivity index is 1.35. The fourth-order valence-electron chi connectivity index (χ4n) is 3.47. The summed E-state index contributed by atoms with van der Waals surface area (Å²) in [4.78, 5) is 42.0. The second-order valence-electron chi connectivity index (χ2n) is 7.44. The third kappa shape index (κ3) is 5.86. The number of amides is 3. The van der Waals surface area contributed by atoms with E-state index in [4.69, 9.17) is 21.1 Å². The number of benzene rings is 1. The van der Waals surface area contributed by atoms with Gasteiger partial charge in [0.2, 0.25) is 5.91 Å². The molecule has 0 atom stereocenters. The lowest BCUT2D eigenvalue weighted by atomic mass is 10.2. The molecule has 0 unspecified atom stereocenters. The van der Waals surface area contributed by atoms with E-state index in [0.29, 0.717) is 77.0 Å². The van der Waals surface area contributed by atoms with Crippen molar-refractivity contribution in [2.45, 2.75) is 19.8 Å². The van der Waals surface area contributed by atoms with Crippen LogP contribution in [0.3, 0.4) is 0 Å². The van der Waals surface area contributed by atoms with Crippen LogP contribution in [0.5, 0.6) is 5.75 Å². The quantitative estimate of drug-likeness (QED) is 0.513. The Kier molecular flexibility index (Phi) is 7.93. The van der Waals surface area contributed by atoms with E-state index in [9.17, 15) is 14.4 Å². The molecule has 3 amide bonds. The molecule has 2 aliphatic heterocycles. The topological polar surface area (TPSA) is 79.4 Å². The Morgan fingerprint density at radius 3 is 2.20 bits per heavy atom. The van der Waals surface area contributed by atoms with Gasteiger partial charge in [0.1, 0.15) is 5.75 Å². The number of halogens is 1. The zero-order valence-electron chi connectivity index (χ0n) is 17.3. The van der Waals surface area contributed by atoms with Crippen LogP contribution in [0.1, 0.15) is 18.4 Å². The lowest BCUT2D eigenvalue weighted by molar-refractivity contribution is -0.155. The molecule has 0 aliphatic carbocycles. The molecule has 0 aromatic heterocycles. The Morgan fingerprint density at radius 2 is 1.57 bits per heavy atom. The molecule has 3 rings (SSSR count). The monoisotopic (exact) mass is 437 g/mol. The summed E-state index contributed by atoms with van der Waals surface area (Å²) in [6.45, 7) is 5.81. The van der Waals surface area contributed by atoms with Crippen molar-refractivity contribution in [1.82, 2.24) is 14.7 Å². The van der Waals surface area contributed by atoms with Gasteiger partial charge in [-0.15, -0.1) is 0 Å². The molecule has 2 heterocycles. The Labute approximate surface area is 181 Å². The number of aryl methyl sites for hydroxylation is 1. The minimum atomic E-state index is -0.490. The summed E-state index contributed by atoms with van der Waals surface area (Å²) in [5, 5.41) is 0.696. The maximum Gasteiger partial charge on any atom is 0.312 e. The van der Waals surface area contributed by atoms with E-state index in [0.717, 1.165) is 11.3 Å². The van der Waals surface area contributed by atoms with Gasteiger partial charge in [-0.1, -0.05) is 11.6 Å². The van der Waals surface area contributed by atoms with Crippen LogP contribution in [0, 0.1) is 6.92 Å². The molecular formula is C21H28ClN3O5. The molecule has 164 valence electrons. The van der Waals surface area contributed by atoms with E-state index in [1.54, 1.807) is 11.0 Å². The van der Waals surface area contributed by atoms with Gasteiger partial charge in [0, 0.05) is 50.7 Å². The highest BCUT2D eigenvalue weighted by Crippen LogP contribution is 2.21. The van der Waals surface area contributed by atoms with Crippen molar-refractivity contribution in [2.75, 3.05) is 59.1 Å². The van der Waals surface area contributed by atoms with Crippen molar-refractivity contribution in [2.24, 2.45) is 0 Å². The standard InChI is InChI=1S/C21H28ClN3O5/c1-16-15-17(4-5-18(16)22)30-12-2-3-19(26)23-6-8-24(9-7-23)20(27)21(28)25-10-13-29-14-11-25/h4-5,15H,2-3,6-14H2,1H3. The van der Waals surface area contributed by atoms with Crippen molar-refractivity contribution in [3.63, 3.8) is 0 Å². The molecule has 0 spiro atoms. The van der Waals surface area contributed by atoms with Gasteiger partial charge in [-0.05, 0) is 37.1 Å². The highest BCUT2D eigenvalue weighted by atomic mass is 35.5. The molecule has 0 bridgehead atoms. The normalized spacial score (nSPS) is 17.1. The van der Waals surface area contributed by atoms with Crippen molar-refractivity contribution in [3.8, 4) is 5.75 Å². The van der Waals surface area contributed by atoms with Crippen molar-refractivity contribution >= 4 is 29.3 Å². The van der Waals surface area contributed by atoms with E-state index < -0.39 is 11.8 Å². The first-order chi connectivity index (χ1) is 14.5. The van der Waals surface area contributed by atoms with E-state index in [-0.39, 0.29) is 5.91 Å². The van der Waals surface area contributed by atoms with Crippen LogP contribution in [0.2, 0.25) is 5.02 Å². The summed E-state index contributed by atoms with van der Waals surface area (Å²) in [5.74, 6) is -0.192. The number of nitrogens with zero attached hydrogens (tertiary/aromatic N) is 3. The molecule has 2 aliphatic rings. The molecule has 0 saturated carbocycles. The van der Waals surface area contributed by atoms with E-state index >= 15 is 0 Å². The predicted octanol–water partition coefficient (Wildman–Crippen LogP) is 1.34. The van der Waals surface area contributed by atoms with Gasteiger partial charge in [-0.3, -0.25) is 14.4 Å². The first-order valence-corrected chi connectivity index (χ1v) is 10.7. The number of ether oxygens (including phenoxy) is 2. The molecule has 0 radical (unpaired) electrons. The van der Waals surface area contributed by atoms with Crippen LogP contribution in [0.25, 0.3) is 0 Å². The van der Waals surface area contributed by atoms with Crippen LogP contribution < -0.4 is 4.74 Å². The number of hydrogen-bond donors (Lipinski definition) is 0. The molecule has 0 N–H and O–H groups in total. The van der Waals surface area contributed by atoms with Gasteiger partial charge < -0.3 is 24.2 Å². The molecule has 9 heteroatoms. The van der Waals surface area contributed by atoms with Crippen molar-refractivity contribution in [1.29, 1.82) is 0 Å². The lowest BCUT2D eigenvalue weighted by Crippen LogP contribution is -2.55. The highest BCUT2D eigenvalue weighted by Gasteiger charge is 2.31. The van der Waals surface area contributed by atoms with Gasteiger partial charge in [-0.2, -0.15) is 0 Å². The fourth-order valence-corrected chi connectivity index (χ4v) is 3.59. The minimum Gasteiger partial charge on any atom is -0.494 e. The van der Waals surface area contributed by atoms with E-state index in [1.165, 1.54) is 9.80 Å². The summed E-state index contributed by atoms with van der Waals surface area (Å²) < 4.78 is 10.9.